The van der Waals surface area contributed by atoms with Gasteiger partial charge in [0.25, 0.3) is 0 Å². The van der Waals surface area contributed by atoms with Crippen molar-refractivity contribution in [3.05, 3.63) is 60.2 Å². The van der Waals surface area contributed by atoms with Crippen LogP contribution >= 0.6 is 0 Å². The van der Waals surface area contributed by atoms with Gasteiger partial charge in [-0.1, -0.05) is 42.5 Å². The number of carbonyl (C=O) groups excluding carboxylic acids is 2. The molecule has 7 nitrogen and oxygen atoms in total. The number of carbonyl (C=O) groups is 2. The third-order valence-electron chi connectivity index (χ3n) is 6.45. The molecule has 178 valence electrons. The molecular weight excluding hydrogens is 426 g/mol. The van der Waals surface area contributed by atoms with Gasteiger partial charge in [0.1, 0.15) is 5.82 Å². The molecule has 1 heterocycles. The van der Waals surface area contributed by atoms with Crippen molar-refractivity contribution in [1.29, 1.82) is 0 Å². The topological polar surface area (TPSA) is 87.2 Å². The second-order valence-corrected chi connectivity index (χ2v) is 9.24. The lowest BCUT2D eigenvalue weighted by Crippen LogP contribution is -2.34. The fourth-order valence-electron chi connectivity index (χ4n) is 4.50. The molecule has 0 atom stereocenters. The van der Waals surface area contributed by atoms with Gasteiger partial charge in [0.15, 0.2) is 5.78 Å². The molecule has 1 saturated carbocycles. The zero-order valence-corrected chi connectivity index (χ0v) is 20.0. The summed E-state index contributed by atoms with van der Waals surface area (Å²) in [5.41, 5.74) is 1.60. The molecule has 1 aliphatic rings. The Morgan fingerprint density at radius 3 is 2.35 bits per heavy atom. The molecule has 1 aromatic heterocycles. The van der Waals surface area contributed by atoms with Crippen LogP contribution < -0.4 is 15.5 Å². The van der Waals surface area contributed by atoms with E-state index in [1.54, 1.807) is 12.1 Å². The number of amides is 1. The van der Waals surface area contributed by atoms with Gasteiger partial charge >= 0.3 is 0 Å². The minimum absolute atomic E-state index is 0.00988. The summed E-state index contributed by atoms with van der Waals surface area (Å²) in [7, 11) is 3.99. The molecule has 1 fully saturated rings. The van der Waals surface area contributed by atoms with Gasteiger partial charge in [0.05, 0.1) is 5.52 Å². The second kappa shape index (κ2) is 11.1. The maximum Gasteiger partial charge on any atom is 0.225 e. The monoisotopic (exact) mass is 459 g/mol. The summed E-state index contributed by atoms with van der Waals surface area (Å²) in [5, 5.41) is 7.59. The summed E-state index contributed by atoms with van der Waals surface area (Å²) in [6.07, 6.45) is 4.58. The van der Waals surface area contributed by atoms with Crippen molar-refractivity contribution in [2.45, 2.75) is 44.6 Å². The van der Waals surface area contributed by atoms with Crippen LogP contribution in [0.3, 0.4) is 0 Å². The highest BCUT2D eigenvalue weighted by molar-refractivity contribution is 5.97. The molecule has 2 N–H and O–H groups in total. The van der Waals surface area contributed by atoms with Gasteiger partial charge in [0.2, 0.25) is 11.9 Å². The Hall–Kier alpha value is -3.48. The van der Waals surface area contributed by atoms with Gasteiger partial charge in [-0.15, -0.1) is 0 Å². The first-order chi connectivity index (χ1) is 16.5. The molecule has 1 amide bonds. The number of hydrogen-bond donors (Lipinski definition) is 2. The number of aromatic nitrogens is 2. The van der Waals surface area contributed by atoms with Crippen molar-refractivity contribution in [2.24, 2.45) is 5.92 Å². The van der Waals surface area contributed by atoms with E-state index in [2.05, 4.69) is 10.6 Å². The Morgan fingerprint density at radius 1 is 0.912 bits per heavy atom. The van der Waals surface area contributed by atoms with Crippen molar-refractivity contribution in [2.75, 3.05) is 30.9 Å². The summed E-state index contributed by atoms with van der Waals surface area (Å²) < 4.78 is 0. The fourth-order valence-corrected chi connectivity index (χ4v) is 4.50. The molecular formula is C27H33N5O2. The molecule has 0 aliphatic heterocycles. The third kappa shape index (κ3) is 6.10. The van der Waals surface area contributed by atoms with E-state index < -0.39 is 0 Å². The molecule has 1 aliphatic carbocycles. The highest BCUT2D eigenvalue weighted by Gasteiger charge is 2.23. The molecule has 34 heavy (non-hydrogen) atoms. The van der Waals surface area contributed by atoms with Gasteiger partial charge in [-0.05, 0) is 43.7 Å². The Bertz CT molecular complexity index is 1120. The summed E-state index contributed by atoms with van der Waals surface area (Å²) >= 11 is 0. The van der Waals surface area contributed by atoms with Crippen LogP contribution in [0.1, 0.15) is 48.9 Å². The van der Waals surface area contributed by atoms with Crippen LogP contribution in [0.5, 0.6) is 0 Å². The highest BCUT2D eigenvalue weighted by Crippen LogP contribution is 2.28. The van der Waals surface area contributed by atoms with Crippen LogP contribution in [0, 0.1) is 5.92 Å². The van der Waals surface area contributed by atoms with E-state index in [4.69, 9.17) is 9.97 Å². The molecule has 0 radical (unpaired) electrons. The minimum Gasteiger partial charge on any atom is -0.362 e. The Balaban J connectivity index is 1.22. The van der Waals surface area contributed by atoms with Crippen molar-refractivity contribution in [1.82, 2.24) is 15.3 Å². The Labute approximate surface area is 201 Å². The van der Waals surface area contributed by atoms with Crippen LogP contribution in [0.4, 0.5) is 11.8 Å². The highest BCUT2D eigenvalue weighted by atomic mass is 16.2. The lowest BCUT2D eigenvalue weighted by atomic mass is 9.86. The number of Topliss-reactive ketones (excluding diaryl/α,β-unsaturated/α-hetero) is 1. The van der Waals surface area contributed by atoms with E-state index >= 15 is 0 Å². The van der Waals surface area contributed by atoms with Crippen LogP contribution in [0.15, 0.2) is 54.6 Å². The molecule has 3 aromatic rings. The van der Waals surface area contributed by atoms with Gasteiger partial charge in [-0.2, -0.15) is 4.98 Å². The van der Waals surface area contributed by atoms with E-state index in [1.807, 2.05) is 61.5 Å². The first-order valence-corrected chi connectivity index (χ1v) is 12.0. The Morgan fingerprint density at radius 2 is 1.62 bits per heavy atom. The molecule has 0 saturated heterocycles. The van der Waals surface area contributed by atoms with Gasteiger partial charge in [0, 0.05) is 50.5 Å². The van der Waals surface area contributed by atoms with Crippen LogP contribution in [0.2, 0.25) is 0 Å². The summed E-state index contributed by atoms with van der Waals surface area (Å²) in [6.45, 7) is 0.669. The normalized spacial score (nSPS) is 17.8. The van der Waals surface area contributed by atoms with Gasteiger partial charge in [-0.25, -0.2) is 4.98 Å². The average Bonchev–Trinajstić information content (AvgIpc) is 2.86. The maximum atomic E-state index is 12.2. The maximum absolute atomic E-state index is 12.2. The van der Waals surface area contributed by atoms with E-state index in [1.165, 1.54) is 0 Å². The van der Waals surface area contributed by atoms with E-state index in [0.717, 1.165) is 42.4 Å². The summed E-state index contributed by atoms with van der Waals surface area (Å²) in [5.74, 6) is 2.00. The van der Waals surface area contributed by atoms with E-state index in [9.17, 15) is 9.59 Å². The lowest BCUT2D eigenvalue weighted by molar-refractivity contribution is -0.121. The minimum atomic E-state index is -0.0506. The third-order valence-corrected chi connectivity index (χ3v) is 6.45. The van der Waals surface area contributed by atoms with E-state index in [-0.39, 0.29) is 24.5 Å². The average molecular weight is 460 g/mol. The quantitative estimate of drug-likeness (QED) is 0.460. The number of rotatable bonds is 9. The van der Waals surface area contributed by atoms with E-state index in [0.29, 0.717) is 30.0 Å². The molecule has 7 heteroatoms. The molecule has 0 unspecified atom stereocenters. The second-order valence-electron chi connectivity index (χ2n) is 9.24. The first kappa shape index (κ1) is 23.7. The number of nitrogens with zero attached hydrogens (tertiary/aromatic N) is 3. The summed E-state index contributed by atoms with van der Waals surface area (Å²) in [6, 6.07) is 17.5. The largest absolute Gasteiger partial charge is 0.362 e. The molecule has 0 spiro atoms. The number of ketones is 1. The lowest BCUT2D eigenvalue weighted by Gasteiger charge is -2.29. The van der Waals surface area contributed by atoms with Crippen LogP contribution in [-0.4, -0.2) is 48.3 Å². The number of anilines is 2. The number of para-hydroxylation sites is 1. The number of nitrogens with one attached hydrogen (secondary N) is 2. The standard InChI is InChI=1S/C27H33N5O2/c1-32(2)26-22-10-6-7-11-23(22)30-27(31-26)29-21-14-12-19(13-15-21)18-28-25(34)17-16-24(33)20-8-4-3-5-9-20/h3-11,19,21H,12-18H2,1-2H3,(H,28,34)(H,29,30,31). The smallest absolute Gasteiger partial charge is 0.225 e. The number of benzene rings is 2. The predicted molar refractivity (Wildman–Crippen MR) is 136 cm³/mol. The van der Waals surface area contributed by atoms with Crippen molar-refractivity contribution >= 4 is 34.4 Å². The molecule has 4 rings (SSSR count). The fraction of sp³-hybridized carbons (Fsp3) is 0.407. The molecule has 0 bridgehead atoms. The Kier molecular flexibility index (Phi) is 7.72. The van der Waals surface area contributed by atoms with Gasteiger partial charge < -0.3 is 15.5 Å². The van der Waals surface area contributed by atoms with Crippen molar-refractivity contribution in [3.8, 4) is 0 Å². The number of hydrogen-bond acceptors (Lipinski definition) is 6. The van der Waals surface area contributed by atoms with Crippen molar-refractivity contribution < 1.29 is 9.59 Å². The zero-order chi connectivity index (χ0) is 23.9. The predicted octanol–water partition coefficient (Wildman–Crippen LogP) is 4.45. The first-order valence-electron chi connectivity index (χ1n) is 12.0. The number of fused-ring (bicyclic) bond motifs is 1. The van der Waals surface area contributed by atoms with Crippen LogP contribution in [0.25, 0.3) is 10.9 Å². The van der Waals surface area contributed by atoms with Crippen LogP contribution in [-0.2, 0) is 4.79 Å². The molecule has 2 aromatic carbocycles. The zero-order valence-electron chi connectivity index (χ0n) is 20.0. The van der Waals surface area contributed by atoms with Crippen molar-refractivity contribution in [3.63, 3.8) is 0 Å². The van der Waals surface area contributed by atoms with Gasteiger partial charge in [-0.3, -0.25) is 9.59 Å². The SMILES string of the molecule is CN(C)c1nc(NC2CCC(CNC(=O)CCC(=O)c3ccccc3)CC2)nc2ccccc12. The summed E-state index contributed by atoms with van der Waals surface area (Å²) in [4.78, 5) is 35.9.